The predicted octanol–water partition coefficient (Wildman–Crippen LogP) is 3.86. The van der Waals surface area contributed by atoms with E-state index in [9.17, 15) is 18.4 Å². The number of fused-ring (bicyclic) bond motifs is 2. The average Bonchev–Trinajstić information content (AvgIpc) is 3.48. The van der Waals surface area contributed by atoms with Crippen LogP contribution < -0.4 is 10.6 Å². The molecule has 36 heavy (non-hydrogen) atoms. The molecule has 3 heterocycles. The largest absolute Gasteiger partial charge is 0.384 e. The standard InChI is InChI=1S/C27H23F2N5O2/c28-27(29)13-20(14-30)34(16-27)25(35)15-33-26(36)21-8-10-32-24-6-4-18(12-22(21)24)2-1-17-3-5-23-19(11-17)7-9-31-23/h1-6,8,10-12,20,31H,7,9,13,15-16H2,(H,33,36). The molecule has 0 saturated carbocycles. The van der Waals surface area contributed by atoms with E-state index in [0.29, 0.717) is 16.5 Å². The zero-order valence-electron chi connectivity index (χ0n) is 19.3. The first-order valence-electron chi connectivity index (χ1n) is 11.6. The minimum absolute atomic E-state index is 0.315. The van der Waals surface area contributed by atoms with Gasteiger partial charge in [-0.15, -0.1) is 0 Å². The normalized spacial score (nSPS) is 18.1. The van der Waals surface area contributed by atoms with Crippen molar-refractivity contribution in [1.82, 2.24) is 15.2 Å². The second kappa shape index (κ2) is 9.38. The number of pyridine rings is 1. The van der Waals surface area contributed by atoms with Crippen molar-refractivity contribution in [1.29, 1.82) is 5.26 Å². The number of alkyl halides is 2. The Hall–Kier alpha value is -4.32. The molecule has 2 aliphatic heterocycles. The molecule has 2 aliphatic rings. The summed E-state index contributed by atoms with van der Waals surface area (Å²) in [5, 5.41) is 15.5. The highest BCUT2D eigenvalue weighted by Crippen LogP contribution is 2.31. The van der Waals surface area contributed by atoms with Crippen molar-refractivity contribution >= 4 is 40.6 Å². The van der Waals surface area contributed by atoms with Crippen molar-refractivity contribution in [2.24, 2.45) is 0 Å². The smallest absolute Gasteiger partial charge is 0.268 e. The fourth-order valence-corrected chi connectivity index (χ4v) is 4.63. The molecule has 9 heteroatoms. The molecule has 182 valence electrons. The molecule has 0 radical (unpaired) electrons. The van der Waals surface area contributed by atoms with Gasteiger partial charge in [-0.05, 0) is 53.4 Å². The summed E-state index contributed by atoms with van der Waals surface area (Å²) in [6.07, 6.45) is 5.76. The van der Waals surface area contributed by atoms with Crippen molar-refractivity contribution in [2.75, 3.05) is 25.0 Å². The van der Waals surface area contributed by atoms with Gasteiger partial charge in [-0.1, -0.05) is 24.3 Å². The third kappa shape index (κ3) is 4.75. The molecular formula is C27H23F2N5O2. The average molecular weight is 488 g/mol. The zero-order valence-corrected chi connectivity index (χ0v) is 19.3. The summed E-state index contributed by atoms with van der Waals surface area (Å²) in [6.45, 7) is -0.363. The fraction of sp³-hybridized carbons (Fsp3) is 0.259. The van der Waals surface area contributed by atoms with Crippen LogP contribution in [0.3, 0.4) is 0 Å². The summed E-state index contributed by atoms with van der Waals surface area (Å²) < 4.78 is 27.3. The number of hydrogen-bond acceptors (Lipinski definition) is 5. The van der Waals surface area contributed by atoms with Crippen LogP contribution in [0, 0.1) is 11.3 Å². The van der Waals surface area contributed by atoms with E-state index in [1.165, 1.54) is 17.4 Å². The third-order valence-corrected chi connectivity index (χ3v) is 6.46. The summed E-state index contributed by atoms with van der Waals surface area (Å²) in [7, 11) is 0. The van der Waals surface area contributed by atoms with E-state index in [4.69, 9.17) is 5.26 Å². The lowest BCUT2D eigenvalue weighted by Crippen LogP contribution is -2.43. The van der Waals surface area contributed by atoms with Gasteiger partial charge in [0.25, 0.3) is 11.8 Å². The summed E-state index contributed by atoms with van der Waals surface area (Å²) in [5.74, 6) is -4.36. The number of benzene rings is 2. The van der Waals surface area contributed by atoms with Crippen LogP contribution >= 0.6 is 0 Å². The molecule has 5 rings (SSSR count). The van der Waals surface area contributed by atoms with Gasteiger partial charge < -0.3 is 15.5 Å². The van der Waals surface area contributed by atoms with Gasteiger partial charge in [0.15, 0.2) is 0 Å². The van der Waals surface area contributed by atoms with Crippen LogP contribution in [0.15, 0.2) is 48.7 Å². The molecule has 2 N–H and O–H groups in total. The van der Waals surface area contributed by atoms with Gasteiger partial charge in [-0.3, -0.25) is 14.6 Å². The Morgan fingerprint density at radius 1 is 1.19 bits per heavy atom. The van der Waals surface area contributed by atoms with Crippen LogP contribution in [0.25, 0.3) is 23.1 Å². The predicted molar refractivity (Wildman–Crippen MR) is 132 cm³/mol. The van der Waals surface area contributed by atoms with Gasteiger partial charge >= 0.3 is 0 Å². The second-order valence-corrected chi connectivity index (χ2v) is 8.97. The first-order valence-corrected chi connectivity index (χ1v) is 11.6. The topological polar surface area (TPSA) is 98.1 Å². The number of nitrogens with one attached hydrogen (secondary N) is 2. The molecule has 0 bridgehead atoms. The Labute approximate surface area is 206 Å². The van der Waals surface area contributed by atoms with Crippen LogP contribution in [0.5, 0.6) is 0 Å². The number of amides is 2. The van der Waals surface area contributed by atoms with Crippen molar-refractivity contribution < 1.29 is 18.4 Å². The van der Waals surface area contributed by atoms with Gasteiger partial charge in [0.1, 0.15) is 6.04 Å². The third-order valence-electron chi connectivity index (χ3n) is 6.46. The maximum Gasteiger partial charge on any atom is 0.268 e. The van der Waals surface area contributed by atoms with Crippen LogP contribution in [0.2, 0.25) is 0 Å². The molecule has 7 nitrogen and oxygen atoms in total. The zero-order chi connectivity index (χ0) is 25.3. The summed E-state index contributed by atoms with van der Waals surface area (Å²) >= 11 is 0. The minimum Gasteiger partial charge on any atom is -0.384 e. The summed E-state index contributed by atoms with van der Waals surface area (Å²) in [6, 6.07) is 13.9. The molecule has 1 fully saturated rings. The number of nitrogens with zero attached hydrogens (tertiary/aromatic N) is 3. The van der Waals surface area contributed by atoms with Crippen LogP contribution in [-0.4, -0.2) is 53.3 Å². The number of halogens is 2. The highest BCUT2D eigenvalue weighted by molar-refractivity contribution is 6.07. The van der Waals surface area contributed by atoms with E-state index in [0.717, 1.165) is 29.0 Å². The van der Waals surface area contributed by atoms with E-state index in [2.05, 4.69) is 27.8 Å². The minimum atomic E-state index is -3.11. The molecule has 0 spiro atoms. The molecule has 1 saturated heterocycles. The molecule has 2 amide bonds. The Balaban J connectivity index is 1.31. The lowest BCUT2D eigenvalue weighted by molar-refractivity contribution is -0.131. The molecule has 0 aliphatic carbocycles. The molecule has 1 atom stereocenters. The SMILES string of the molecule is N#CC1CC(F)(F)CN1C(=O)CNC(=O)c1ccnc2ccc(C=Cc3ccc4c(c3)CCN4)cc12. The van der Waals surface area contributed by atoms with Crippen LogP contribution in [0.4, 0.5) is 14.5 Å². The van der Waals surface area contributed by atoms with Gasteiger partial charge in [0.2, 0.25) is 5.91 Å². The number of hydrogen-bond donors (Lipinski definition) is 2. The molecule has 3 aromatic rings. The number of aromatic nitrogens is 1. The highest BCUT2D eigenvalue weighted by Gasteiger charge is 2.47. The van der Waals surface area contributed by atoms with Gasteiger partial charge in [0.05, 0.1) is 30.2 Å². The van der Waals surface area contributed by atoms with Crippen molar-refractivity contribution in [2.45, 2.75) is 24.8 Å². The van der Waals surface area contributed by atoms with Gasteiger partial charge in [-0.2, -0.15) is 5.26 Å². The highest BCUT2D eigenvalue weighted by atomic mass is 19.3. The number of carbonyl (C=O) groups excluding carboxylic acids is 2. The first-order chi connectivity index (χ1) is 17.3. The van der Waals surface area contributed by atoms with Crippen molar-refractivity contribution in [3.8, 4) is 6.07 Å². The first kappa shape index (κ1) is 23.4. The monoisotopic (exact) mass is 487 g/mol. The number of likely N-dealkylation sites (tertiary alicyclic amines) is 1. The lowest BCUT2D eigenvalue weighted by atomic mass is 10.0. The molecule has 1 aromatic heterocycles. The van der Waals surface area contributed by atoms with Gasteiger partial charge in [-0.25, -0.2) is 8.78 Å². The number of rotatable bonds is 5. The second-order valence-electron chi connectivity index (χ2n) is 8.97. The van der Waals surface area contributed by atoms with E-state index in [1.54, 1.807) is 12.1 Å². The van der Waals surface area contributed by atoms with E-state index in [-0.39, 0.29) is 0 Å². The number of anilines is 1. The van der Waals surface area contributed by atoms with Crippen LogP contribution in [0.1, 0.15) is 33.5 Å². The number of nitriles is 1. The van der Waals surface area contributed by atoms with Gasteiger partial charge in [0, 0.05) is 30.2 Å². The Morgan fingerprint density at radius 3 is 2.78 bits per heavy atom. The molecule has 1 unspecified atom stereocenters. The quantitative estimate of drug-likeness (QED) is 0.533. The van der Waals surface area contributed by atoms with E-state index < -0.39 is 43.3 Å². The summed E-state index contributed by atoms with van der Waals surface area (Å²) in [4.78, 5) is 30.5. The Kier molecular flexibility index (Phi) is 6.10. The van der Waals surface area contributed by atoms with Crippen LogP contribution in [-0.2, 0) is 11.2 Å². The Bertz CT molecular complexity index is 1430. The van der Waals surface area contributed by atoms with E-state index >= 15 is 0 Å². The van der Waals surface area contributed by atoms with Crippen molar-refractivity contribution in [3.63, 3.8) is 0 Å². The summed E-state index contributed by atoms with van der Waals surface area (Å²) in [5.41, 5.74) is 5.32. The molecular weight excluding hydrogens is 464 g/mol. The van der Waals surface area contributed by atoms with Crippen molar-refractivity contribution in [3.05, 3.63) is 70.9 Å². The lowest BCUT2D eigenvalue weighted by Gasteiger charge is -2.19. The Morgan fingerprint density at radius 2 is 1.97 bits per heavy atom. The fourth-order valence-electron chi connectivity index (χ4n) is 4.63. The van der Waals surface area contributed by atoms with E-state index in [1.807, 2.05) is 36.4 Å². The maximum absolute atomic E-state index is 13.6. The molecule has 2 aromatic carbocycles. The maximum atomic E-state index is 13.6. The number of carbonyl (C=O) groups is 2.